The van der Waals surface area contributed by atoms with E-state index in [1.165, 1.54) is 0 Å². The van der Waals surface area contributed by atoms with Gasteiger partial charge in [-0.1, -0.05) is 12.1 Å². The Morgan fingerprint density at radius 1 is 1.21 bits per heavy atom. The molecular weight excluding hydrogens is 438 g/mol. The molecule has 0 aromatic carbocycles. The van der Waals surface area contributed by atoms with Crippen molar-refractivity contribution in [2.75, 3.05) is 37.8 Å². The number of esters is 1. The number of carbonyl (C=O) groups is 1. The Morgan fingerprint density at radius 3 is 2.85 bits per heavy atom. The highest BCUT2D eigenvalue weighted by Gasteiger charge is 2.26. The Bertz CT molecular complexity index is 959. The van der Waals surface area contributed by atoms with E-state index in [0.717, 1.165) is 67.3 Å². The minimum atomic E-state index is -0.227. The van der Waals surface area contributed by atoms with Crippen LogP contribution in [0.1, 0.15) is 50.9 Å². The summed E-state index contributed by atoms with van der Waals surface area (Å²) >= 11 is 0. The lowest BCUT2D eigenvalue weighted by Crippen LogP contribution is -2.44. The number of rotatable bonds is 9. The fraction of sp³-hybridized carbons (Fsp3) is 0.667. The molecular formula is C24H35N5O5. The second kappa shape index (κ2) is 11.7. The van der Waals surface area contributed by atoms with Crippen molar-refractivity contribution in [3.63, 3.8) is 0 Å². The van der Waals surface area contributed by atoms with Crippen LogP contribution < -0.4 is 4.90 Å². The first-order valence-corrected chi connectivity index (χ1v) is 12.2. The van der Waals surface area contributed by atoms with Gasteiger partial charge >= 0.3 is 5.97 Å². The molecule has 0 N–H and O–H groups in total. The number of carbonyl (C=O) groups excluding carboxylic acids is 1. The summed E-state index contributed by atoms with van der Waals surface area (Å²) in [6, 6.07) is 4.06. The maximum atomic E-state index is 11.9. The molecule has 2 aromatic heterocycles. The third kappa shape index (κ3) is 5.92. The molecule has 2 atom stereocenters. The third-order valence-electron chi connectivity index (χ3n) is 6.19. The number of hydrogen-bond donors (Lipinski definition) is 0. The van der Waals surface area contributed by atoms with Gasteiger partial charge in [0, 0.05) is 26.7 Å². The van der Waals surface area contributed by atoms with Gasteiger partial charge in [0.25, 0.3) is 0 Å². The van der Waals surface area contributed by atoms with Gasteiger partial charge < -0.3 is 23.8 Å². The van der Waals surface area contributed by atoms with Crippen molar-refractivity contribution in [1.82, 2.24) is 20.0 Å². The van der Waals surface area contributed by atoms with Crippen LogP contribution in [0.5, 0.6) is 0 Å². The maximum absolute atomic E-state index is 11.9. The highest BCUT2D eigenvalue weighted by atomic mass is 16.7. The minimum absolute atomic E-state index is 0.179. The molecule has 2 fully saturated rings. The fourth-order valence-corrected chi connectivity index (χ4v) is 4.39. The van der Waals surface area contributed by atoms with E-state index in [1.54, 1.807) is 4.68 Å². The van der Waals surface area contributed by atoms with Gasteiger partial charge in [-0.3, -0.25) is 4.79 Å². The number of hydrogen-bond acceptors (Lipinski definition) is 9. The van der Waals surface area contributed by atoms with Crippen LogP contribution in [0, 0.1) is 0 Å². The predicted octanol–water partition coefficient (Wildman–Crippen LogP) is 2.64. The Balaban J connectivity index is 1.49. The van der Waals surface area contributed by atoms with Gasteiger partial charge in [-0.25, -0.2) is 9.67 Å². The van der Waals surface area contributed by atoms with Crippen molar-refractivity contribution in [2.45, 2.75) is 65.0 Å². The van der Waals surface area contributed by atoms with Gasteiger partial charge in [-0.15, -0.1) is 5.10 Å². The normalized spacial score (nSPS) is 21.0. The van der Waals surface area contributed by atoms with Gasteiger partial charge in [-0.2, -0.15) is 0 Å². The number of ether oxygens (including phenoxy) is 4. The Kier molecular flexibility index (Phi) is 8.47. The van der Waals surface area contributed by atoms with Crippen molar-refractivity contribution in [3.05, 3.63) is 23.5 Å². The summed E-state index contributed by atoms with van der Waals surface area (Å²) < 4.78 is 24.3. The van der Waals surface area contributed by atoms with Crippen molar-refractivity contribution in [1.29, 1.82) is 0 Å². The molecule has 2 aliphatic rings. The number of morpholine rings is 1. The van der Waals surface area contributed by atoms with Gasteiger partial charge in [0.15, 0.2) is 6.29 Å². The summed E-state index contributed by atoms with van der Waals surface area (Å²) in [5.74, 6) is -0.227. The van der Waals surface area contributed by atoms with E-state index in [1.807, 2.05) is 20.0 Å². The van der Waals surface area contributed by atoms with Crippen LogP contribution in [0.15, 0.2) is 12.1 Å². The lowest BCUT2D eigenvalue weighted by Gasteiger charge is -2.35. The number of aromatic nitrogens is 4. The van der Waals surface area contributed by atoms with Crippen LogP contribution in [-0.2, 0) is 43.8 Å². The topological polar surface area (TPSA) is 101 Å². The average Bonchev–Trinajstić information content (AvgIpc) is 3.23. The molecule has 2 aliphatic heterocycles. The van der Waals surface area contributed by atoms with Gasteiger partial charge in [0.05, 0.1) is 55.1 Å². The summed E-state index contributed by atoms with van der Waals surface area (Å²) in [5.41, 5.74) is 4.40. The van der Waals surface area contributed by atoms with Crippen molar-refractivity contribution in [3.8, 4) is 11.4 Å². The Morgan fingerprint density at radius 2 is 2.09 bits per heavy atom. The molecule has 2 aromatic rings. The van der Waals surface area contributed by atoms with E-state index >= 15 is 0 Å². The van der Waals surface area contributed by atoms with Gasteiger partial charge in [0.2, 0.25) is 0 Å². The number of aryl methyl sites for hydroxylation is 2. The van der Waals surface area contributed by atoms with Gasteiger partial charge in [-0.05, 0) is 44.7 Å². The summed E-state index contributed by atoms with van der Waals surface area (Å²) in [7, 11) is 1.86. The lowest BCUT2D eigenvalue weighted by atomic mass is 10.1. The zero-order chi connectivity index (χ0) is 23.9. The summed E-state index contributed by atoms with van der Waals surface area (Å²) in [4.78, 5) is 19.1. The molecule has 0 amide bonds. The Labute approximate surface area is 200 Å². The number of nitrogens with zero attached hydrogens (tertiary/aromatic N) is 5. The molecule has 4 heterocycles. The average molecular weight is 474 g/mol. The van der Waals surface area contributed by atoms with Gasteiger partial charge in [0.1, 0.15) is 5.69 Å². The summed E-state index contributed by atoms with van der Waals surface area (Å²) in [5, 5.41) is 8.59. The van der Waals surface area contributed by atoms with Crippen LogP contribution in [0.3, 0.4) is 0 Å². The minimum Gasteiger partial charge on any atom is -0.466 e. The smallest absolute Gasteiger partial charge is 0.308 e. The zero-order valence-corrected chi connectivity index (χ0v) is 20.4. The van der Waals surface area contributed by atoms with Crippen molar-refractivity contribution in [2.24, 2.45) is 7.05 Å². The standard InChI is InChI=1S/C24H35N5O5/c1-4-18-20(29-11-13-32-17(15-29)14-22(30)31-5-2)10-9-19(25-18)24-21(28(3)27-26-24)16-34-23-8-6-7-12-33-23/h9-10,17,23H,4-8,11-16H2,1-3H3. The van der Waals surface area contributed by atoms with Crippen LogP contribution in [0.4, 0.5) is 5.69 Å². The highest BCUT2D eigenvalue weighted by Crippen LogP contribution is 2.28. The molecule has 34 heavy (non-hydrogen) atoms. The van der Waals surface area contributed by atoms with Crippen LogP contribution in [0.2, 0.25) is 0 Å². The molecule has 2 saturated heterocycles. The second-order valence-corrected chi connectivity index (χ2v) is 8.58. The van der Waals surface area contributed by atoms with E-state index in [9.17, 15) is 4.79 Å². The first-order valence-electron chi connectivity index (χ1n) is 12.2. The van der Waals surface area contributed by atoms with E-state index in [-0.39, 0.29) is 24.8 Å². The largest absolute Gasteiger partial charge is 0.466 e. The molecule has 0 spiro atoms. The fourth-order valence-electron chi connectivity index (χ4n) is 4.39. The molecule has 0 saturated carbocycles. The predicted molar refractivity (Wildman–Crippen MR) is 125 cm³/mol. The number of anilines is 1. The molecule has 10 nitrogen and oxygen atoms in total. The first-order chi connectivity index (χ1) is 16.6. The molecule has 0 aliphatic carbocycles. The summed E-state index contributed by atoms with van der Waals surface area (Å²) in [6.45, 7) is 7.32. The van der Waals surface area contributed by atoms with Crippen LogP contribution >= 0.6 is 0 Å². The molecule has 4 rings (SSSR count). The molecule has 0 radical (unpaired) electrons. The lowest BCUT2D eigenvalue weighted by molar-refractivity contribution is -0.169. The molecule has 186 valence electrons. The maximum Gasteiger partial charge on any atom is 0.308 e. The third-order valence-corrected chi connectivity index (χ3v) is 6.19. The highest BCUT2D eigenvalue weighted by molar-refractivity contribution is 5.70. The van der Waals surface area contributed by atoms with E-state index in [2.05, 4.69) is 28.2 Å². The van der Waals surface area contributed by atoms with E-state index in [0.29, 0.717) is 26.4 Å². The van der Waals surface area contributed by atoms with E-state index in [4.69, 9.17) is 23.9 Å². The summed E-state index contributed by atoms with van der Waals surface area (Å²) in [6.07, 6.45) is 3.76. The number of pyridine rings is 1. The SMILES string of the molecule is CCOC(=O)CC1CN(c2ccc(-c3nnn(C)c3COC3CCCCO3)nc2CC)CCO1. The van der Waals surface area contributed by atoms with Crippen LogP contribution in [-0.4, -0.2) is 71.3 Å². The molecule has 10 heteroatoms. The second-order valence-electron chi connectivity index (χ2n) is 8.58. The first kappa shape index (κ1) is 24.6. The quantitative estimate of drug-likeness (QED) is 0.509. The van der Waals surface area contributed by atoms with Crippen molar-refractivity contribution < 1.29 is 23.7 Å². The van der Waals surface area contributed by atoms with Crippen molar-refractivity contribution >= 4 is 11.7 Å². The molecule has 0 bridgehead atoms. The zero-order valence-electron chi connectivity index (χ0n) is 20.4. The van der Waals surface area contributed by atoms with E-state index < -0.39 is 0 Å². The van der Waals surface area contributed by atoms with Crippen LogP contribution in [0.25, 0.3) is 11.4 Å². The molecule has 2 unspecified atom stereocenters. The monoisotopic (exact) mass is 473 g/mol. The Hall–Kier alpha value is -2.56.